The number of allylic oxidation sites excluding steroid dienone is 5. The first-order chi connectivity index (χ1) is 18.6. The van der Waals surface area contributed by atoms with Gasteiger partial charge in [0.15, 0.2) is 0 Å². The van der Waals surface area contributed by atoms with Crippen molar-refractivity contribution in [3.05, 3.63) is 63.8 Å². The summed E-state index contributed by atoms with van der Waals surface area (Å²) in [5.74, 6) is 0.545. The van der Waals surface area contributed by atoms with Gasteiger partial charge in [-0.1, -0.05) is 51.5 Å². The van der Waals surface area contributed by atoms with Gasteiger partial charge in [-0.2, -0.15) is 18.4 Å². The maximum Gasteiger partial charge on any atom is 0.418 e. The van der Waals surface area contributed by atoms with E-state index in [1.54, 1.807) is 0 Å². The fourth-order valence-electron chi connectivity index (χ4n) is 6.13. The summed E-state index contributed by atoms with van der Waals surface area (Å²) in [6.07, 6.45) is 4.77. The van der Waals surface area contributed by atoms with Crippen LogP contribution in [0.5, 0.6) is 0 Å². The van der Waals surface area contributed by atoms with Gasteiger partial charge in [-0.05, 0) is 103 Å². The highest BCUT2D eigenvalue weighted by Crippen LogP contribution is 2.40. The Labute approximate surface area is 230 Å². The van der Waals surface area contributed by atoms with E-state index < -0.39 is 17.8 Å². The predicted molar refractivity (Wildman–Crippen MR) is 153 cm³/mol. The number of benzene rings is 1. The molecule has 1 atom stereocenters. The zero-order valence-corrected chi connectivity index (χ0v) is 23.5. The Hall–Kier alpha value is -2.98. The van der Waals surface area contributed by atoms with Crippen LogP contribution in [0.3, 0.4) is 0 Å². The van der Waals surface area contributed by atoms with Crippen molar-refractivity contribution in [2.24, 2.45) is 15.9 Å². The highest BCUT2D eigenvalue weighted by molar-refractivity contribution is 6.11. The molecular formula is C32H39F3N4. The Morgan fingerprint density at radius 3 is 2.56 bits per heavy atom. The normalized spacial score (nSPS) is 24.1. The number of piperidine rings is 1. The number of aliphatic imine (C=N–C) groups is 2. The van der Waals surface area contributed by atoms with Crippen molar-refractivity contribution < 1.29 is 13.2 Å². The lowest BCUT2D eigenvalue weighted by atomic mass is 9.80. The molecule has 0 spiro atoms. The number of alkyl halides is 3. The minimum atomic E-state index is -4.51. The predicted octanol–water partition coefficient (Wildman–Crippen LogP) is 7.97. The fourth-order valence-corrected chi connectivity index (χ4v) is 6.13. The third kappa shape index (κ3) is 6.61. The molecule has 0 aromatic heterocycles. The SMILES string of the molecule is CCCC(/C1=C/CCC2N=CN=C2/C(C(F)(F)F)=C\1)=C(\c1cc(C2CCN(CC#N)CC2)ccc1C)C(C)C. The number of nitriles is 1. The average Bonchev–Trinajstić information content (AvgIpc) is 3.32. The summed E-state index contributed by atoms with van der Waals surface area (Å²) in [4.78, 5) is 10.4. The van der Waals surface area contributed by atoms with Crippen molar-refractivity contribution in [3.8, 4) is 6.07 Å². The first-order valence-corrected chi connectivity index (χ1v) is 14.2. The van der Waals surface area contributed by atoms with E-state index >= 15 is 0 Å². The van der Waals surface area contributed by atoms with Gasteiger partial charge in [0.2, 0.25) is 0 Å². The van der Waals surface area contributed by atoms with Gasteiger partial charge in [-0.25, -0.2) is 4.99 Å². The van der Waals surface area contributed by atoms with Gasteiger partial charge in [0.05, 0.1) is 29.9 Å². The van der Waals surface area contributed by atoms with E-state index in [-0.39, 0.29) is 11.6 Å². The summed E-state index contributed by atoms with van der Waals surface area (Å²) < 4.78 is 43.0. The molecular weight excluding hydrogens is 497 g/mol. The van der Waals surface area contributed by atoms with Crippen molar-refractivity contribution in [1.29, 1.82) is 5.26 Å². The lowest BCUT2D eigenvalue weighted by molar-refractivity contribution is -0.0863. The molecule has 1 unspecified atom stereocenters. The summed E-state index contributed by atoms with van der Waals surface area (Å²) in [6.45, 7) is 10.7. The zero-order chi connectivity index (χ0) is 28.2. The monoisotopic (exact) mass is 536 g/mol. The molecule has 3 aliphatic rings. The van der Waals surface area contributed by atoms with E-state index in [1.807, 2.05) is 6.08 Å². The number of halogens is 3. The standard InChI is InChI=1S/C32H39F3N4/c1-5-7-26(25-8-6-9-29-31(38-20-37-29)28(19-25)32(33,34)35)30(21(2)3)27-18-24(11-10-22(27)4)23-12-15-39(16-13-23)17-14-36/h8,10-11,18-21,23,29H,5-7,9,12-13,15-17H2,1-4H3/b25-8+,28-19+,30-26+. The van der Waals surface area contributed by atoms with Crippen molar-refractivity contribution in [2.45, 2.75) is 84.4 Å². The lowest BCUT2D eigenvalue weighted by Crippen LogP contribution is -2.33. The number of hydrogen-bond acceptors (Lipinski definition) is 4. The van der Waals surface area contributed by atoms with Crippen LogP contribution in [-0.2, 0) is 0 Å². The second-order valence-electron chi connectivity index (χ2n) is 11.2. The first-order valence-electron chi connectivity index (χ1n) is 14.2. The molecule has 0 N–H and O–H groups in total. The molecule has 2 heterocycles. The quantitative estimate of drug-likeness (QED) is 0.332. The maximum absolute atomic E-state index is 14.3. The minimum Gasteiger partial charge on any atom is -0.291 e. The molecule has 7 heteroatoms. The number of nitrogens with zero attached hydrogens (tertiary/aromatic N) is 4. The highest BCUT2D eigenvalue weighted by atomic mass is 19.4. The van der Waals surface area contributed by atoms with Gasteiger partial charge < -0.3 is 0 Å². The Balaban J connectivity index is 1.81. The van der Waals surface area contributed by atoms with E-state index in [1.165, 1.54) is 18.0 Å². The Bertz CT molecular complexity index is 1250. The van der Waals surface area contributed by atoms with Crippen molar-refractivity contribution >= 4 is 17.6 Å². The molecule has 1 aliphatic carbocycles. The average molecular weight is 537 g/mol. The molecule has 208 valence electrons. The summed E-state index contributed by atoms with van der Waals surface area (Å²) in [5.41, 5.74) is 5.70. The van der Waals surface area contributed by atoms with Crippen LogP contribution in [0.25, 0.3) is 5.57 Å². The maximum atomic E-state index is 14.3. The van der Waals surface area contributed by atoms with E-state index in [0.29, 0.717) is 37.3 Å². The molecule has 2 aliphatic heterocycles. The molecule has 1 aromatic carbocycles. The minimum absolute atomic E-state index is 0.0379. The molecule has 0 saturated carbocycles. The number of fused-ring (bicyclic) bond motifs is 1. The van der Waals surface area contributed by atoms with Gasteiger partial charge in [0, 0.05) is 0 Å². The van der Waals surface area contributed by atoms with E-state index in [0.717, 1.165) is 54.6 Å². The highest BCUT2D eigenvalue weighted by Gasteiger charge is 2.41. The van der Waals surface area contributed by atoms with Crippen LogP contribution in [0.1, 0.15) is 81.9 Å². The molecule has 0 bridgehead atoms. The second kappa shape index (κ2) is 12.5. The summed E-state index contributed by atoms with van der Waals surface area (Å²) in [6, 6.07) is 8.37. The van der Waals surface area contributed by atoms with Gasteiger partial charge in [0.1, 0.15) is 6.34 Å². The molecule has 4 nitrogen and oxygen atoms in total. The zero-order valence-electron chi connectivity index (χ0n) is 23.5. The van der Waals surface area contributed by atoms with Crippen LogP contribution in [0, 0.1) is 24.2 Å². The van der Waals surface area contributed by atoms with Crippen molar-refractivity contribution in [3.63, 3.8) is 0 Å². The molecule has 1 saturated heterocycles. The van der Waals surface area contributed by atoms with E-state index in [2.05, 4.69) is 66.8 Å². The number of aryl methyl sites for hydroxylation is 1. The topological polar surface area (TPSA) is 51.8 Å². The van der Waals surface area contributed by atoms with Crippen LogP contribution in [0.2, 0.25) is 0 Å². The van der Waals surface area contributed by atoms with Crippen LogP contribution in [0.4, 0.5) is 13.2 Å². The summed E-state index contributed by atoms with van der Waals surface area (Å²) in [5, 5.41) is 9.04. The second-order valence-corrected chi connectivity index (χ2v) is 11.2. The first kappa shape index (κ1) is 29.0. The van der Waals surface area contributed by atoms with Gasteiger partial charge in [-0.3, -0.25) is 9.89 Å². The van der Waals surface area contributed by atoms with Crippen LogP contribution < -0.4 is 0 Å². The largest absolute Gasteiger partial charge is 0.418 e. The van der Waals surface area contributed by atoms with Crippen LogP contribution in [0.15, 0.2) is 57.1 Å². The third-order valence-electron chi connectivity index (χ3n) is 8.10. The van der Waals surface area contributed by atoms with E-state index in [9.17, 15) is 13.2 Å². The molecule has 0 radical (unpaired) electrons. The van der Waals surface area contributed by atoms with E-state index in [4.69, 9.17) is 5.26 Å². The van der Waals surface area contributed by atoms with Crippen molar-refractivity contribution in [2.75, 3.05) is 19.6 Å². The van der Waals surface area contributed by atoms with Crippen molar-refractivity contribution in [1.82, 2.24) is 4.90 Å². The van der Waals surface area contributed by atoms with Gasteiger partial charge in [-0.15, -0.1) is 0 Å². The third-order valence-corrected chi connectivity index (χ3v) is 8.10. The Morgan fingerprint density at radius 1 is 1.18 bits per heavy atom. The molecule has 4 rings (SSSR count). The number of likely N-dealkylation sites (tertiary alicyclic amines) is 1. The van der Waals surface area contributed by atoms with Gasteiger partial charge >= 0.3 is 6.18 Å². The molecule has 1 fully saturated rings. The number of rotatable bonds is 7. The van der Waals surface area contributed by atoms with Crippen LogP contribution in [-0.4, -0.2) is 48.8 Å². The smallest absolute Gasteiger partial charge is 0.291 e. The summed E-state index contributed by atoms with van der Waals surface area (Å²) >= 11 is 0. The number of hydrogen-bond donors (Lipinski definition) is 0. The Morgan fingerprint density at radius 2 is 1.92 bits per heavy atom. The van der Waals surface area contributed by atoms with Crippen LogP contribution >= 0.6 is 0 Å². The molecule has 0 amide bonds. The summed E-state index contributed by atoms with van der Waals surface area (Å²) in [7, 11) is 0. The molecule has 1 aromatic rings. The Kier molecular flexibility index (Phi) is 9.27. The lowest BCUT2D eigenvalue weighted by Gasteiger charge is -2.31. The molecule has 39 heavy (non-hydrogen) atoms. The fraction of sp³-hybridized carbons (Fsp3) is 0.531. The van der Waals surface area contributed by atoms with Gasteiger partial charge in [0.25, 0.3) is 0 Å².